The highest BCUT2D eigenvalue weighted by atomic mass is 16.3. The molecule has 0 radical (unpaired) electrons. The van der Waals surface area contributed by atoms with Gasteiger partial charge in [0.25, 0.3) is 0 Å². The van der Waals surface area contributed by atoms with Gasteiger partial charge in [-0.1, -0.05) is 30.3 Å². The first kappa shape index (κ1) is 10.3. The smallest absolute Gasteiger partial charge is 0.130 e. The summed E-state index contributed by atoms with van der Waals surface area (Å²) in [5.74, 6) is 0.878. The van der Waals surface area contributed by atoms with Crippen molar-refractivity contribution >= 4 is 5.82 Å². The minimum atomic E-state index is -0.0673. The van der Waals surface area contributed by atoms with Gasteiger partial charge < -0.3 is 10.4 Å². The predicted octanol–water partition coefficient (Wildman–Crippen LogP) is 2.13. The number of aliphatic hydroxyl groups is 1. The summed E-state index contributed by atoms with van der Waals surface area (Å²) in [6.07, 6.45) is 2.64. The van der Waals surface area contributed by atoms with E-state index in [0.29, 0.717) is 0 Å². The summed E-state index contributed by atoms with van der Waals surface area (Å²) >= 11 is 0. The molecule has 86 valence electrons. The summed E-state index contributed by atoms with van der Waals surface area (Å²) < 4.78 is 0. The normalized spacial score (nSPS) is 17.6. The fourth-order valence-corrected chi connectivity index (χ4v) is 2.34. The number of aliphatic hydroxyl groups excluding tert-OH is 1. The summed E-state index contributed by atoms with van der Waals surface area (Å²) in [6, 6.07) is 12.2. The fraction of sp³-hybridized carbons (Fsp3) is 0.214. The van der Waals surface area contributed by atoms with Crippen molar-refractivity contribution in [2.24, 2.45) is 0 Å². The van der Waals surface area contributed by atoms with E-state index in [9.17, 15) is 5.11 Å². The van der Waals surface area contributed by atoms with Crippen LogP contribution >= 0.6 is 0 Å². The van der Waals surface area contributed by atoms with Gasteiger partial charge >= 0.3 is 0 Å². The Morgan fingerprint density at radius 2 is 2.00 bits per heavy atom. The summed E-state index contributed by atoms with van der Waals surface area (Å²) in [6.45, 7) is 0.0764. The minimum Gasteiger partial charge on any atom is -0.394 e. The minimum absolute atomic E-state index is 0.0673. The third-order valence-corrected chi connectivity index (χ3v) is 3.20. The van der Waals surface area contributed by atoms with Crippen molar-refractivity contribution < 1.29 is 5.11 Å². The van der Waals surface area contributed by atoms with Crippen LogP contribution in [-0.2, 0) is 6.42 Å². The second-order valence-electron chi connectivity index (χ2n) is 4.27. The van der Waals surface area contributed by atoms with Crippen LogP contribution in [0.1, 0.15) is 22.7 Å². The highest BCUT2D eigenvalue weighted by Crippen LogP contribution is 2.30. The quantitative estimate of drug-likeness (QED) is 0.783. The van der Waals surface area contributed by atoms with Gasteiger partial charge in [0, 0.05) is 12.6 Å². The third-order valence-electron chi connectivity index (χ3n) is 3.20. The Morgan fingerprint density at radius 1 is 1.18 bits per heavy atom. The molecular formula is C14H14N2O. The van der Waals surface area contributed by atoms with E-state index in [2.05, 4.69) is 28.5 Å². The van der Waals surface area contributed by atoms with Crippen LogP contribution in [0.2, 0.25) is 0 Å². The predicted molar refractivity (Wildman–Crippen MR) is 66.9 cm³/mol. The van der Waals surface area contributed by atoms with Crippen molar-refractivity contribution in [2.75, 3.05) is 11.9 Å². The second kappa shape index (κ2) is 4.18. The maximum Gasteiger partial charge on any atom is 0.130 e. The van der Waals surface area contributed by atoms with Gasteiger partial charge in [0.15, 0.2) is 0 Å². The molecule has 1 aromatic carbocycles. The van der Waals surface area contributed by atoms with Gasteiger partial charge in [-0.05, 0) is 22.8 Å². The number of rotatable bonds is 1. The largest absolute Gasteiger partial charge is 0.394 e. The molecule has 17 heavy (non-hydrogen) atoms. The van der Waals surface area contributed by atoms with Crippen LogP contribution in [0.5, 0.6) is 0 Å². The molecule has 0 fully saturated rings. The lowest BCUT2D eigenvalue weighted by molar-refractivity contribution is 0.276. The van der Waals surface area contributed by atoms with Crippen molar-refractivity contribution in [3.8, 4) is 0 Å². The number of hydrogen-bond acceptors (Lipinski definition) is 3. The Morgan fingerprint density at radius 3 is 2.88 bits per heavy atom. The van der Waals surface area contributed by atoms with Crippen LogP contribution in [0.15, 0.2) is 42.6 Å². The molecule has 3 rings (SSSR count). The van der Waals surface area contributed by atoms with E-state index in [1.54, 1.807) is 6.20 Å². The number of anilines is 1. The molecule has 3 heteroatoms. The average molecular weight is 226 g/mol. The van der Waals surface area contributed by atoms with Crippen LogP contribution in [-0.4, -0.2) is 16.7 Å². The topological polar surface area (TPSA) is 45.1 Å². The van der Waals surface area contributed by atoms with E-state index in [1.165, 1.54) is 11.1 Å². The molecule has 3 nitrogen and oxygen atoms in total. The molecular weight excluding hydrogens is 212 g/mol. The van der Waals surface area contributed by atoms with Crippen LogP contribution in [0.3, 0.4) is 0 Å². The Bertz CT molecular complexity index is 539. The van der Waals surface area contributed by atoms with Crippen LogP contribution in [0, 0.1) is 0 Å². The maximum absolute atomic E-state index is 9.50. The zero-order valence-electron chi connectivity index (χ0n) is 9.43. The number of fused-ring (bicyclic) bond motifs is 2. The van der Waals surface area contributed by atoms with Gasteiger partial charge in [0.2, 0.25) is 0 Å². The van der Waals surface area contributed by atoms with Crippen molar-refractivity contribution in [3.05, 3.63) is 59.3 Å². The van der Waals surface area contributed by atoms with Gasteiger partial charge in [-0.3, -0.25) is 0 Å². The first-order chi connectivity index (χ1) is 8.38. The lowest BCUT2D eigenvalue weighted by Gasteiger charge is -2.16. The van der Waals surface area contributed by atoms with Crippen molar-refractivity contribution in [2.45, 2.75) is 12.5 Å². The number of nitrogens with zero attached hydrogens (tertiary/aromatic N) is 1. The molecule has 1 atom stereocenters. The number of aromatic nitrogens is 1. The van der Waals surface area contributed by atoms with Crippen LogP contribution < -0.4 is 5.32 Å². The fourth-order valence-electron chi connectivity index (χ4n) is 2.34. The summed E-state index contributed by atoms with van der Waals surface area (Å²) in [5.41, 5.74) is 3.59. The van der Waals surface area contributed by atoms with Crippen molar-refractivity contribution in [1.82, 2.24) is 4.98 Å². The number of nitrogens with one attached hydrogen (secondary N) is 1. The molecule has 0 aliphatic carbocycles. The van der Waals surface area contributed by atoms with Gasteiger partial charge in [-0.15, -0.1) is 0 Å². The van der Waals surface area contributed by atoms with E-state index in [1.807, 2.05) is 18.2 Å². The highest BCUT2D eigenvalue weighted by Gasteiger charge is 2.20. The van der Waals surface area contributed by atoms with Crippen LogP contribution in [0.4, 0.5) is 5.82 Å². The molecule has 0 bridgehead atoms. The Kier molecular flexibility index (Phi) is 2.53. The number of benzene rings is 1. The van der Waals surface area contributed by atoms with E-state index in [-0.39, 0.29) is 12.6 Å². The summed E-state index contributed by atoms with van der Waals surface area (Å²) in [7, 11) is 0. The van der Waals surface area contributed by atoms with E-state index in [0.717, 1.165) is 17.8 Å². The average Bonchev–Trinajstić information content (AvgIpc) is 2.54. The van der Waals surface area contributed by atoms with Gasteiger partial charge in [0.05, 0.1) is 12.6 Å². The monoisotopic (exact) mass is 226 g/mol. The Hall–Kier alpha value is -1.87. The molecule has 0 amide bonds. The molecule has 1 aromatic heterocycles. The first-order valence-corrected chi connectivity index (χ1v) is 5.77. The van der Waals surface area contributed by atoms with Gasteiger partial charge in [-0.25, -0.2) is 4.98 Å². The molecule has 0 spiro atoms. The standard InChI is InChI=1S/C14H14N2O/c17-9-13-12-6-2-1-4-10(12)8-11-5-3-7-15-14(11)16-13/h1-7,13,17H,8-9H2,(H,15,16)/t13-/m0/s1. The summed E-state index contributed by atoms with van der Waals surface area (Å²) in [5, 5.41) is 12.8. The zero-order valence-corrected chi connectivity index (χ0v) is 9.43. The van der Waals surface area contributed by atoms with Gasteiger partial charge in [-0.2, -0.15) is 0 Å². The van der Waals surface area contributed by atoms with Crippen molar-refractivity contribution in [3.63, 3.8) is 0 Å². The molecule has 2 N–H and O–H groups in total. The Balaban J connectivity index is 2.13. The lowest BCUT2D eigenvalue weighted by atomic mass is 9.98. The molecule has 2 heterocycles. The Labute approximate surface area is 100 Å². The maximum atomic E-state index is 9.50. The molecule has 1 aliphatic rings. The highest BCUT2D eigenvalue weighted by molar-refractivity contribution is 5.53. The molecule has 0 unspecified atom stereocenters. The first-order valence-electron chi connectivity index (χ1n) is 5.77. The van der Waals surface area contributed by atoms with E-state index < -0.39 is 0 Å². The van der Waals surface area contributed by atoms with E-state index >= 15 is 0 Å². The van der Waals surface area contributed by atoms with Gasteiger partial charge in [0.1, 0.15) is 5.82 Å². The van der Waals surface area contributed by atoms with Crippen molar-refractivity contribution in [1.29, 1.82) is 0 Å². The summed E-state index contributed by atoms with van der Waals surface area (Å²) in [4.78, 5) is 4.34. The second-order valence-corrected chi connectivity index (χ2v) is 4.27. The number of hydrogen-bond donors (Lipinski definition) is 2. The molecule has 0 saturated carbocycles. The molecule has 1 aliphatic heterocycles. The number of pyridine rings is 1. The lowest BCUT2D eigenvalue weighted by Crippen LogP contribution is -2.15. The zero-order chi connectivity index (χ0) is 11.7. The SMILES string of the molecule is OC[C@@H]1Nc2ncccc2Cc2ccccc21. The molecule has 0 saturated heterocycles. The van der Waals surface area contributed by atoms with E-state index in [4.69, 9.17) is 0 Å². The third kappa shape index (κ3) is 1.78. The van der Waals surface area contributed by atoms with Crippen LogP contribution in [0.25, 0.3) is 0 Å². The molecule has 2 aromatic rings.